The maximum atomic E-state index is 10.4. The highest BCUT2D eigenvalue weighted by Crippen LogP contribution is 1.96. The molecule has 0 aliphatic carbocycles. The van der Waals surface area contributed by atoms with Crippen LogP contribution in [-0.4, -0.2) is 24.3 Å². The first-order valence-electron chi connectivity index (χ1n) is 4.89. The van der Waals surface area contributed by atoms with Crippen molar-refractivity contribution in [1.29, 1.82) is 0 Å². The second kappa shape index (κ2) is 9.21. The van der Waals surface area contributed by atoms with E-state index < -0.39 is 0 Å². The molecule has 84 valence electrons. The third kappa shape index (κ3) is 10.6. The summed E-state index contributed by atoms with van der Waals surface area (Å²) in [4.78, 5) is 10.4. The Balaban J connectivity index is 3.60. The second-order valence-electron chi connectivity index (χ2n) is 3.04. The van der Waals surface area contributed by atoms with Crippen molar-refractivity contribution in [3.63, 3.8) is 0 Å². The van der Waals surface area contributed by atoms with Crippen LogP contribution in [0.5, 0.6) is 0 Å². The summed E-state index contributed by atoms with van der Waals surface area (Å²) in [5.41, 5.74) is 1.03. The molecule has 0 aliphatic rings. The average Bonchev–Trinajstić information content (AvgIpc) is 2.16. The van der Waals surface area contributed by atoms with Crippen LogP contribution in [-0.2, 0) is 9.53 Å². The smallest absolute Gasteiger partial charge is 0.302 e. The second-order valence-corrected chi connectivity index (χ2v) is 3.04. The van der Waals surface area contributed by atoms with Gasteiger partial charge in [-0.2, -0.15) is 0 Å². The van der Waals surface area contributed by atoms with Crippen molar-refractivity contribution in [2.75, 3.05) is 13.2 Å². The molecule has 0 aliphatic heterocycles. The molecule has 0 aromatic carbocycles. The number of aliphatic hydroxyl groups is 1. The largest absolute Gasteiger partial charge is 0.462 e. The molecule has 0 saturated heterocycles. The zero-order valence-corrected chi connectivity index (χ0v) is 9.27. The number of rotatable bonds is 6. The maximum absolute atomic E-state index is 10.4. The van der Waals surface area contributed by atoms with Gasteiger partial charge in [-0.15, -0.1) is 0 Å². The van der Waals surface area contributed by atoms with Crippen LogP contribution in [0, 0.1) is 0 Å². The van der Waals surface area contributed by atoms with E-state index in [0.717, 1.165) is 12.0 Å². The zero-order valence-electron chi connectivity index (χ0n) is 9.27. The minimum absolute atomic E-state index is 0.0679. The average molecular weight is 210 g/mol. The summed E-state index contributed by atoms with van der Waals surface area (Å²) in [5, 5.41) is 8.59. The lowest BCUT2D eigenvalue weighted by Gasteiger charge is -1.93. The minimum atomic E-state index is -0.267. The van der Waals surface area contributed by atoms with Crippen molar-refractivity contribution in [2.24, 2.45) is 0 Å². The molecule has 0 rings (SSSR count). The monoisotopic (exact) mass is 210 g/mol. The minimum Gasteiger partial charge on any atom is -0.462 e. The number of carbonyl (C=O) groups excluding carboxylic acids is 1. The fraction of sp³-hybridized carbons (Fsp3) is 0.417. The van der Waals surface area contributed by atoms with E-state index >= 15 is 0 Å². The van der Waals surface area contributed by atoms with Crippen LogP contribution in [0.3, 0.4) is 0 Å². The first-order chi connectivity index (χ1) is 7.16. The molecule has 0 saturated carbocycles. The lowest BCUT2D eigenvalue weighted by Crippen LogP contribution is -1.97. The van der Waals surface area contributed by atoms with Crippen LogP contribution in [0.1, 0.15) is 20.3 Å². The molecule has 0 bridgehead atoms. The number of hydrogen-bond donors (Lipinski definition) is 1. The molecule has 0 aromatic heterocycles. The standard InChI is InChI=1S/C12H18O3/c1-11(8-9-13)7-5-3-4-6-10-15-12(2)14/h4-8,13H,3,9-10H2,1-2H3. The maximum Gasteiger partial charge on any atom is 0.302 e. The Morgan fingerprint density at radius 3 is 2.60 bits per heavy atom. The SMILES string of the molecule is CC(=O)OCC=CCC=CC(C)=CCO. The van der Waals surface area contributed by atoms with Crippen molar-refractivity contribution < 1.29 is 14.6 Å². The van der Waals surface area contributed by atoms with Gasteiger partial charge in [-0.3, -0.25) is 4.79 Å². The molecule has 0 unspecified atom stereocenters. The predicted octanol–water partition coefficient (Wildman–Crippen LogP) is 1.99. The molecule has 15 heavy (non-hydrogen) atoms. The topological polar surface area (TPSA) is 46.5 Å². The summed E-state index contributed by atoms with van der Waals surface area (Å²) in [5.74, 6) is -0.267. The van der Waals surface area contributed by atoms with Gasteiger partial charge in [0.15, 0.2) is 0 Å². The first kappa shape index (κ1) is 13.7. The quantitative estimate of drug-likeness (QED) is 0.414. The molecule has 0 amide bonds. The van der Waals surface area contributed by atoms with E-state index in [-0.39, 0.29) is 12.6 Å². The Kier molecular flexibility index (Phi) is 8.39. The highest BCUT2D eigenvalue weighted by Gasteiger charge is 1.85. The number of hydrogen-bond acceptors (Lipinski definition) is 3. The van der Waals surface area contributed by atoms with Crippen LogP contribution >= 0.6 is 0 Å². The zero-order chi connectivity index (χ0) is 11.5. The van der Waals surface area contributed by atoms with Gasteiger partial charge in [-0.25, -0.2) is 0 Å². The van der Waals surface area contributed by atoms with Crippen molar-refractivity contribution in [3.05, 3.63) is 36.0 Å². The predicted molar refractivity (Wildman–Crippen MR) is 60.4 cm³/mol. The van der Waals surface area contributed by atoms with Crippen molar-refractivity contribution >= 4 is 5.97 Å². The highest BCUT2D eigenvalue weighted by molar-refractivity contribution is 5.65. The van der Waals surface area contributed by atoms with Crippen LogP contribution < -0.4 is 0 Å². The van der Waals surface area contributed by atoms with Gasteiger partial charge >= 0.3 is 5.97 Å². The Morgan fingerprint density at radius 1 is 1.27 bits per heavy atom. The Morgan fingerprint density at radius 2 is 2.00 bits per heavy atom. The van der Waals surface area contributed by atoms with E-state index in [1.807, 2.05) is 25.2 Å². The summed E-state index contributed by atoms with van der Waals surface area (Å²) in [6, 6.07) is 0. The normalized spacial score (nSPS) is 12.6. The number of esters is 1. The van der Waals surface area contributed by atoms with Crippen molar-refractivity contribution in [1.82, 2.24) is 0 Å². The van der Waals surface area contributed by atoms with E-state index in [4.69, 9.17) is 9.84 Å². The summed E-state index contributed by atoms with van der Waals surface area (Å²) in [6.45, 7) is 3.71. The van der Waals surface area contributed by atoms with Crippen LogP contribution in [0.15, 0.2) is 36.0 Å². The van der Waals surface area contributed by atoms with Crippen LogP contribution in [0.4, 0.5) is 0 Å². The molecular formula is C12H18O3. The lowest BCUT2D eigenvalue weighted by atomic mass is 10.2. The first-order valence-corrected chi connectivity index (χ1v) is 4.89. The Bertz CT molecular complexity index is 262. The number of aliphatic hydroxyl groups excluding tert-OH is 1. The fourth-order valence-electron chi connectivity index (χ4n) is 0.874. The van der Waals surface area contributed by atoms with E-state index in [2.05, 4.69) is 0 Å². The Labute approximate surface area is 90.8 Å². The molecule has 0 aromatic rings. The van der Waals surface area contributed by atoms with Gasteiger partial charge in [0.25, 0.3) is 0 Å². The van der Waals surface area contributed by atoms with E-state index in [1.165, 1.54) is 6.92 Å². The fourth-order valence-corrected chi connectivity index (χ4v) is 0.874. The third-order valence-electron chi connectivity index (χ3n) is 1.62. The number of carbonyl (C=O) groups is 1. The van der Waals surface area contributed by atoms with E-state index in [0.29, 0.717) is 6.61 Å². The highest BCUT2D eigenvalue weighted by atomic mass is 16.5. The molecule has 0 fully saturated rings. The van der Waals surface area contributed by atoms with Gasteiger partial charge in [0.05, 0.1) is 6.61 Å². The molecule has 1 N–H and O–H groups in total. The molecular weight excluding hydrogens is 192 g/mol. The van der Waals surface area contributed by atoms with Gasteiger partial charge < -0.3 is 9.84 Å². The van der Waals surface area contributed by atoms with Gasteiger partial charge in [-0.1, -0.05) is 36.0 Å². The summed E-state index contributed by atoms with van der Waals surface area (Å²) >= 11 is 0. The van der Waals surface area contributed by atoms with Gasteiger partial charge in [0.1, 0.15) is 6.61 Å². The Hall–Kier alpha value is -1.35. The van der Waals surface area contributed by atoms with Gasteiger partial charge in [0, 0.05) is 6.92 Å². The van der Waals surface area contributed by atoms with Crippen LogP contribution in [0.25, 0.3) is 0 Å². The van der Waals surface area contributed by atoms with E-state index in [1.54, 1.807) is 12.2 Å². The molecule has 0 atom stereocenters. The van der Waals surface area contributed by atoms with Crippen molar-refractivity contribution in [2.45, 2.75) is 20.3 Å². The molecule has 3 nitrogen and oxygen atoms in total. The summed E-state index contributed by atoms with van der Waals surface area (Å²) in [7, 11) is 0. The third-order valence-corrected chi connectivity index (χ3v) is 1.62. The number of allylic oxidation sites excluding steroid dienone is 4. The number of ether oxygens (including phenoxy) is 1. The van der Waals surface area contributed by atoms with Crippen LogP contribution in [0.2, 0.25) is 0 Å². The van der Waals surface area contributed by atoms with E-state index in [9.17, 15) is 4.79 Å². The summed E-state index contributed by atoms with van der Waals surface area (Å²) < 4.78 is 4.71. The molecule has 0 spiro atoms. The lowest BCUT2D eigenvalue weighted by molar-refractivity contribution is -0.139. The summed E-state index contributed by atoms with van der Waals surface area (Å²) in [6.07, 6.45) is 10.2. The van der Waals surface area contributed by atoms with Gasteiger partial charge in [-0.05, 0) is 13.3 Å². The molecule has 0 radical (unpaired) electrons. The van der Waals surface area contributed by atoms with Gasteiger partial charge in [0.2, 0.25) is 0 Å². The molecule has 0 heterocycles. The molecule has 3 heteroatoms. The van der Waals surface area contributed by atoms with Crippen molar-refractivity contribution in [3.8, 4) is 0 Å².